The molecule has 3 heterocycles. The summed E-state index contributed by atoms with van der Waals surface area (Å²) in [4.78, 5) is 34.6. The normalized spacial score (nSPS) is 13.4. The Balaban J connectivity index is 1.67. The topological polar surface area (TPSA) is 55.2 Å². The van der Waals surface area contributed by atoms with Gasteiger partial charge in [-0.15, -0.1) is 11.3 Å². The second-order valence-corrected chi connectivity index (χ2v) is 10.4. The number of hydrogen-bond donors (Lipinski definition) is 0. The summed E-state index contributed by atoms with van der Waals surface area (Å²) in [5.74, 6) is 0.803. The van der Waals surface area contributed by atoms with E-state index in [4.69, 9.17) is 4.98 Å². The van der Waals surface area contributed by atoms with E-state index >= 15 is 0 Å². The molecule has 0 spiro atoms. The van der Waals surface area contributed by atoms with Crippen LogP contribution in [-0.4, -0.2) is 26.9 Å². The number of aromatic nitrogens is 2. The maximum atomic E-state index is 14.0. The Labute approximate surface area is 201 Å². The Morgan fingerprint density at radius 1 is 1.09 bits per heavy atom. The Hall–Kier alpha value is -2.90. The Morgan fingerprint density at radius 2 is 1.82 bits per heavy atom. The lowest BCUT2D eigenvalue weighted by Gasteiger charge is -2.25. The summed E-state index contributed by atoms with van der Waals surface area (Å²) in [6.07, 6.45) is 0.690. The van der Waals surface area contributed by atoms with E-state index in [1.54, 1.807) is 34.6 Å². The molecule has 2 aromatic carbocycles. The quantitative estimate of drug-likeness (QED) is 0.298. The van der Waals surface area contributed by atoms with Crippen molar-refractivity contribution in [2.24, 2.45) is 0 Å². The third kappa shape index (κ3) is 4.00. The molecule has 0 aliphatic carbocycles. The largest absolute Gasteiger partial charge is 0.337 e. The number of nitrogens with zero attached hydrogens (tertiary/aromatic N) is 3. The van der Waals surface area contributed by atoms with Gasteiger partial charge >= 0.3 is 0 Å². The van der Waals surface area contributed by atoms with Crippen LogP contribution in [0.1, 0.15) is 34.1 Å². The number of benzene rings is 2. The third-order valence-electron chi connectivity index (χ3n) is 6.26. The smallest absolute Gasteiger partial charge is 0.267 e. The van der Waals surface area contributed by atoms with Gasteiger partial charge in [0.05, 0.1) is 17.6 Å². The number of carbonyl (C=O) groups is 1. The molecule has 5 nitrogen and oxygen atoms in total. The summed E-state index contributed by atoms with van der Waals surface area (Å²) >= 11 is 3.14. The fourth-order valence-corrected chi connectivity index (χ4v) is 6.69. The van der Waals surface area contributed by atoms with Gasteiger partial charge in [-0.3, -0.25) is 14.2 Å². The highest BCUT2D eigenvalue weighted by atomic mass is 32.2. The molecule has 33 heavy (non-hydrogen) atoms. The minimum atomic E-state index is -0.0182. The molecule has 5 rings (SSSR count). The van der Waals surface area contributed by atoms with Crippen molar-refractivity contribution < 1.29 is 4.79 Å². The van der Waals surface area contributed by atoms with Gasteiger partial charge in [-0.1, -0.05) is 54.2 Å². The number of thiophene rings is 1. The second kappa shape index (κ2) is 8.80. The van der Waals surface area contributed by atoms with Gasteiger partial charge in [0.15, 0.2) is 5.16 Å². The lowest BCUT2D eigenvalue weighted by molar-refractivity contribution is -0.129. The maximum Gasteiger partial charge on any atom is 0.267 e. The van der Waals surface area contributed by atoms with Gasteiger partial charge in [-0.05, 0) is 48.6 Å². The number of fused-ring (bicyclic) bond motifs is 3. The van der Waals surface area contributed by atoms with Crippen molar-refractivity contribution in [1.82, 2.24) is 14.5 Å². The summed E-state index contributed by atoms with van der Waals surface area (Å²) in [6.45, 7) is 6.93. The van der Waals surface area contributed by atoms with Gasteiger partial charge in [0, 0.05) is 24.1 Å². The van der Waals surface area contributed by atoms with Crippen molar-refractivity contribution in [2.75, 3.05) is 6.54 Å². The fourth-order valence-electron chi connectivity index (χ4n) is 4.33. The fraction of sp³-hybridized carbons (Fsp3) is 0.269. The second-order valence-electron chi connectivity index (χ2n) is 8.41. The first-order valence-corrected chi connectivity index (χ1v) is 12.8. The molecule has 0 bridgehead atoms. The number of rotatable bonds is 4. The first-order valence-electron chi connectivity index (χ1n) is 11.0. The predicted molar refractivity (Wildman–Crippen MR) is 135 cm³/mol. The molecule has 7 heteroatoms. The lowest BCUT2D eigenvalue weighted by atomic mass is 10.1. The first-order chi connectivity index (χ1) is 15.9. The SMILES string of the molecule is CC(=O)N1CCc2c(sc3nc(SCc4ccccc4C)n(-c4ccccc4C)c(=O)c23)C1. The lowest BCUT2D eigenvalue weighted by Crippen LogP contribution is -2.34. The molecule has 168 valence electrons. The molecule has 0 fully saturated rings. The third-order valence-corrected chi connectivity index (χ3v) is 8.36. The number of carbonyl (C=O) groups excluding carboxylic acids is 1. The molecule has 1 aliphatic rings. The van der Waals surface area contributed by atoms with Crippen LogP contribution in [0.2, 0.25) is 0 Å². The van der Waals surface area contributed by atoms with Crippen molar-refractivity contribution in [3.63, 3.8) is 0 Å². The number of thioether (sulfide) groups is 1. The molecular formula is C26H25N3O2S2. The first kappa shape index (κ1) is 21.9. The minimum Gasteiger partial charge on any atom is -0.337 e. The van der Waals surface area contributed by atoms with Crippen LogP contribution < -0.4 is 5.56 Å². The van der Waals surface area contributed by atoms with Gasteiger partial charge < -0.3 is 4.90 Å². The van der Waals surface area contributed by atoms with Crippen molar-refractivity contribution in [2.45, 2.75) is 44.6 Å². The van der Waals surface area contributed by atoms with Crippen LogP contribution in [-0.2, 0) is 23.5 Å². The number of hydrogen-bond acceptors (Lipinski definition) is 5. The summed E-state index contributed by atoms with van der Waals surface area (Å²) in [5.41, 5.74) is 5.40. The summed E-state index contributed by atoms with van der Waals surface area (Å²) in [5, 5.41) is 1.41. The molecule has 1 amide bonds. The monoisotopic (exact) mass is 475 g/mol. The molecule has 0 atom stereocenters. The summed E-state index contributed by atoms with van der Waals surface area (Å²) in [6, 6.07) is 16.3. The van der Waals surface area contributed by atoms with E-state index in [1.807, 2.05) is 48.2 Å². The van der Waals surface area contributed by atoms with Crippen LogP contribution in [0, 0.1) is 13.8 Å². The Bertz CT molecular complexity index is 1440. The number of aryl methyl sites for hydroxylation is 2. The highest BCUT2D eigenvalue weighted by molar-refractivity contribution is 7.98. The van der Waals surface area contributed by atoms with Crippen molar-refractivity contribution in [1.29, 1.82) is 0 Å². The Kier molecular flexibility index (Phi) is 5.85. The Morgan fingerprint density at radius 3 is 2.55 bits per heavy atom. The molecule has 2 aromatic heterocycles. The molecule has 4 aromatic rings. The van der Waals surface area contributed by atoms with Gasteiger partial charge in [0.25, 0.3) is 5.56 Å². The van der Waals surface area contributed by atoms with Gasteiger partial charge in [0.1, 0.15) is 4.83 Å². The van der Waals surface area contributed by atoms with Crippen LogP contribution in [0.3, 0.4) is 0 Å². The zero-order chi connectivity index (χ0) is 23.1. The van der Waals surface area contributed by atoms with Gasteiger partial charge in [-0.25, -0.2) is 4.98 Å². The van der Waals surface area contributed by atoms with E-state index in [2.05, 4.69) is 19.1 Å². The van der Waals surface area contributed by atoms with Gasteiger partial charge in [0.2, 0.25) is 5.91 Å². The highest BCUT2D eigenvalue weighted by Crippen LogP contribution is 2.35. The summed E-state index contributed by atoms with van der Waals surface area (Å²) < 4.78 is 1.78. The zero-order valence-corrected chi connectivity index (χ0v) is 20.6. The summed E-state index contributed by atoms with van der Waals surface area (Å²) in [7, 11) is 0. The van der Waals surface area contributed by atoms with E-state index in [0.717, 1.165) is 32.3 Å². The van der Waals surface area contributed by atoms with Crippen LogP contribution in [0.4, 0.5) is 0 Å². The van der Waals surface area contributed by atoms with Crippen LogP contribution in [0.5, 0.6) is 0 Å². The van der Waals surface area contributed by atoms with Gasteiger partial charge in [-0.2, -0.15) is 0 Å². The molecule has 0 N–H and O–H groups in total. The van der Waals surface area contributed by atoms with Crippen molar-refractivity contribution >= 4 is 39.2 Å². The minimum absolute atomic E-state index is 0.0182. The van der Waals surface area contributed by atoms with Crippen LogP contribution in [0.15, 0.2) is 58.5 Å². The molecule has 0 saturated heterocycles. The van der Waals surface area contributed by atoms with E-state index in [-0.39, 0.29) is 11.5 Å². The average molecular weight is 476 g/mol. The standard InChI is InChI=1S/C26H25N3O2S2/c1-16-8-4-6-10-19(16)15-32-26-27-24-23(20-12-13-28(18(3)30)14-22(20)33-24)25(31)29(26)21-11-7-5-9-17(21)2/h4-11H,12-15H2,1-3H3. The van der Waals surface area contributed by atoms with E-state index in [0.29, 0.717) is 30.1 Å². The number of para-hydroxylation sites is 1. The average Bonchev–Trinajstić information content (AvgIpc) is 3.17. The van der Waals surface area contributed by atoms with E-state index in [1.165, 1.54) is 11.1 Å². The van der Waals surface area contributed by atoms with Crippen LogP contribution >= 0.6 is 23.1 Å². The molecule has 0 saturated carbocycles. The van der Waals surface area contributed by atoms with E-state index in [9.17, 15) is 9.59 Å². The molecule has 0 unspecified atom stereocenters. The van der Waals surface area contributed by atoms with Crippen molar-refractivity contribution in [3.05, 3.63) is 86.0 Å². The number of amides is 1. The molecule has 0 radical (unpaired) electrons. The molecule has 1 aliphatic heterocycles. The van der Waals surface area contributed by atoms with E-state index < -0.39 is 0 Å². The zero-order valence-electron chi connectivity index (χ0n) is 18.9. The predicted octanol–water partition coefficient (Wildman–Crippen LogP) is 5.26. The van der Waals surface area contributed by atoms with Crippen molar-refractivity contribution in [3.8, 4) is 5.69 Å². The maximum absolute atomic E-state index is 14.0. The molecular weight excluding hydrogens is 450 g/mol. The highest BCUT2D eigenvalue weighted by Gasteiger charge is 2.26. The van der Waals surface area contributed by atoms with Crippen LogP contribution in [0.25, 0.3) is 15.9 Å².